The van der Waals surface area contributed by atoms with Crippen LogP contribution in [-0.2, 0) is 19.0 Å². The lowest BCUT2D eigenvalue weighted by Gasteiger charge is -2.30. The van der Waals surface area contributed by atoms with Gasteiger partial charge in [-0.1, -0.05) is 27.4 Å². The zero-order chi connectivity index (χ0) is 13.5. The average Bonchev–Trinajstić information content (AvgIpc) is 2.22. The Morgan fingerprint density at radius 2 is 1.94 bits per heavy atom. The van der Waals surface area contributed by atoms with Crippen LogP contribution in [0.15, 0.2) is 12.2 Å². The average molecular weight is 244 g/mol. The highest BCUT2D eigenvalue weighted by Crippen LogP contribution is 2.27. The molecule has 17 heavy (non-hydrogen) atoms. The van der Waals surface area contributed by atoms with Gasteiger partial charge in [0.05, 0.1) is 12.7 Å². The molecule has 0 aromatic rings. The molecule has 0 fully saturated rings. The Hall–Kier alpha value is -0.870. The molecule has 4 heteroatoms. The van der Waals surface area contributed by atoms with Gasteiger partial charge < -0.3 is 14.2 Å². The van der Waals surface area contributed by atoms with Crippen LogP contribution in [0, 0.1) is 5.41 Å². The van der Waals surface area contributed by atoms with E-state index in [0.29, 0.717) is 18.6 Å². The Morgan fingerprint density at radius 1 is 1.35 bits per heavy atom. The highest BCUT2D eigenvalue weighted by molar-refractivity contribution is 5.87. The predicted octanol–water partition coefficient (Wildman–Crippen LogP) is 2.53. The second-order valence-electron chi connectivity index (χ2n) is 4.96. The molecule has 0 heterocycles. The van der Waals surface area contributed by atoms with Gasteiger partial charge in [-0.2, -0.15) is 0 Å². The van der Waals surface area contributed by atoms with Crippen LogP contribution >= 0.6 is 0 Å². The molecule has 0 N–H and O–H groups in total. The Balaban J connectivity index is 4.43. The van der Waals surface area contributed by atoms with E-state index in [2.05, 4.69) is 6.58 Å². The molecule has 0 saturated carbocycles. The van der Waals surface area contributed by atoms with Crippen LogP contribution in [0.4, 0.5) is 0 Å². The molecule has 100 valence electrons. The number of ether oxygens (including phenoxy) is 3. The fourth-order valence-electron chi connectivity index (χ4n) is 1.31. The lowest BCUT2D eigenvalue weighted by Crippen LogP contribution is -2.31. The normalized spacial score (nSPS) is 13.2. The van der Waals surface area contributed by atoms with Crippen molar-refractivity contribution in [1.29, 1.82) is 0 Å². The van der Waals surface area contributed by atoms with Gasteiger partial charge in [0.15, 0.2) is 0 Å². The number of esters is 1. The van der Waals surface area contributed by atoms with Crippen molar-refractivity contribution in [3.05, 3.63) is 12.2 Å². The van der Waals surface area contributed by atoms with Gasteiger partial charge in [-0.3, -0.25) is 0 Å². The quantitative estimate of drug-likeness (QED) is 0.392. The summed E-state index contributed by atoms with van der Waals surface area (Å²) in [6.07, 6.45) is 0.324. The van der Waals surface area contributed by atoms with E-state index >= 15 is 0 Å². The summed E-state index contributed by atoms with van der Waals surface area (Å²) in [4.78, 5) is 11.5. The van der Waals surface area contributed by atoms with Crippen LogP contribution in [0.5, 0.6) is 0 Å². The first-order chi connectivity index (χ1) is 7.82. The van der Waals surface area contributed by atoms with Crippen molar-refractivity contribution in [3.8, 4) is 0 Å². The van der Waals surface area contributed by atoms with E-state index in [0.717, 1.165) is 0 Å². The van der Waals surface area contributed by atoms with Crippen LogP contribution in [0.3, 0.4) is 0 Å². The zero-order valence-electron chi connectivity index (χ0n) is 11.5. The zero-order valence-corrected chi connectivity index (χ0v) is 11.5. The molecule has 4 nitrogen and oxygen atoms in total. The number of rotatable bonds is 7. The molecule has 1 unspecified atom stereocenters. The van der Waals surface area contributed by atoms with Gasteiger partial charge in [0.1, 0.15) is 6.79 Å². The van der Waals surface area contributed by atoms with Gasteiger partial charge in [-0.15, -0.1) is 0 Å². The molecule has 0 spiro atoms. The lowest BCUT2D eigenvalue weighted by atomic mass is 9.85. The molecular weight excluding hydrogens is 220 g/mol. The highest BCUT2D eigenvalue weighted by Gasteiger charge is 2.27. The van der Waals surface area contributed by atoms with Crippen molar-refractivity contribution < 1.29 is 19.0 Å². The highest BCUT2D eigenvalue weighted by atomic mass is 16.7. The van der Waals surface area contributed by atoms with E-state index in [4.69, 9.17) is 14.2 Å². The summed E-state index contributed by atoms with van der Waals surface area (Å²) in [6.45, 7) is 12.2. The Labute approximate surface area is 104 Å². The number of carbonyl (C=O) groups is 1. The number of hydrogen-bond acceptors (Lipinski definition) is 4. The van der Waals surface area contributed by atoms with Gasteiger partial charge in [-0.05, 0) is 12.3 Å². The first kappa shape index (κ1) is 16.1. The Morgan fingerprint density at radius 3 is 2.35 bits per heavy atom. The standard InChI is InChI=1S/C13H24O4/c1-7-16-12(14)10(2)8-11(13(3,4)5)17-9-15-6/h11H,2,7-9H2,1,3-6H3. The van der Waals surface area contributed by atoms with Crippen LogP contribution < -0.4 is 0 Å². The molecule has 0 aliphatic carbocycles. The van der Waals surface area contributed by atoms with Crippen molar-refractivity contribution in [2.75, 3.05) is 20.5 Å². The van der Waals surface area contributed by atoms with E-state index in [1.807, 2.05) is 20.8 Å². The molecule has 1 atom stereocenters. The molecule has 0 aliphatic heterocycles. The molecule has 0 amide bonds. The maximum Gasteiger partial charge on any atom is 0.333 e. The van der Waals surface area contributed by atoms with Crippen molar-refractivity contribution in [2.24, 2.45) is 5.41 Å². The minimum atomic E-state index is -0.359. The van der Waals surface area contributed by atoms with E-state index in [1.165, 1.54) is 0 Å². The Bertz CT molecular complexity index is 253. The van der Waals surface area contributed by atoms with Crippen LogP contribution in [-0.4, -0.2) is 32.6 Å². The summed E-state index contributed by atoms with van der Waals surface area (Å²) in [5.74, 6) is -0.359. The summed E-state index contributed by atoms with van der Waals surface area (Å²) >= 11 is 0. The van der Waals surface area contributed by atoms with E-state index in [1.54, 1.807) is 14.0 Å². The lowest BCUT2D eigenvalue weighted by molar-refractivity contribution is -0.140. The fourth-order valence-corrected chi connectivity index (χ4v) is 1.31. The van der Waals surface area contributed by atoms with E-state index in [9.17, 15) is 4.79 Å². The summed E-state index contributed by atoms with van der Waals surface area (Å²) in [5, 5.41) is 0. The molecule has 0 radical (unpaired) electrons. The smallest absolute Gasteiger partial charge is 0.333 e. The summed E-state index contributed by atoms with van der Waals surface area (Å²) in [6, 6.07) is 0. The van der Waals surface area contributed by atoms with Gasteiger partial charge in [0.25, 0.3) is 0 Å². The van der Waals surface area contributed by atoms with Crippen molar-refractivity contribution in [1.82, 2.24) is 0 Å². The molecular formula is C13H24O4. The summed E-state index contributed by atoms with van der Waals surface area (Å²) < 4.78 is 15.3. The maximum absolute atomic E-state index is 11.5. The summed E-state index contributed by atoms with van der Waals surface area (Å²) in [5.41, 5.74) is 0.344. The van der Waals surface area contributed by atoms with Crippen LogP contribution in [0.2, 0.25) is 0 Å². The fraction of sp³-hybridized carbons (Fsp3) is 0.769. The third-order valence-corrected chi connectivity index (χ3v) is 2.35. The van der Waals surface area contributed by atoms with Crippen molar-refractivity contribution >= 4 is 5.97 Å². The van der Waals surface area contributed by atoms with Gasteiger partial charge in [-0.25, -0.2) is 4.79 Å². The Kier molecular flexibility index (Phi) is 7.07. The van der Waals surface area contributed by atoms with Crippen LogP contribution in [0.25, 0.3) is 0 Å². The first-order valence-corrected chi connectivity index (χ1v) is 5.78. The molecule has 0 aromatic carbocycles. The molecule has 0 aliphatic rings. The topological polar surface area (TPSA) is 44.8 Å². The molecule has 0 rings (SSSR count). The third kappa shape index (κ3) is 6.44. The predicted molar refractivity (Wildman–Crippen MR) is 66.6 cm³/mol. The van der Waals surface area contributed by atoms with Crippen LogP contribution in [0.1, 0.15) is 34.1 Å². The van der Waals surface area contributed by atoms with E-state index < -0.39 is 0 Å². The van der Waals surface area contributed by atoms with Crippen molar-refractivity contribution in [2.45, 2.75) is 40.2 Å². The van der Waals surface area contributed by atoms with Gasteiger partial charge in [0.2, 0.25) is 0 Å². The minimum Gasteiger partial charge on any atom is -0.463 e. The maximum atomic E-state index is 11.5. The first-order valence-electron chi connectivity index (χ1n) is 5.78. The molecule has 0 saturated heterocycles. The van der Waals surface area contributed by atoms with Gasteiger partial charge >= 0.3 is 5.97 Å². The molecule has 0 aromatic heterocycles. The summed E-state index contributed by atoms with van der Waals surface area (Å²) in [7, 11) is 1.57. The van der Waals surface area contributed by atoms with Crippen molar-refractivity contribution in [3.63, 3.8) is 0 Å². The number of methoxy groups -OCH3 is 1. The largest absolute Gasteiger partial charge is 0.463 e. The SMILES string of the molecule is C=C(CC(OCOC)C(C)(C)C)C(=O)OCC. The number of carbonyl (C=O) groups excluding carboxylic acids is 1. The van der Waals surface area contributed by atoms with E-state index in [-0.39, 0.29) is 24.3 Å². The third-order valence-electron chi connectivity index (χ3n) is 2.35. The second-order valence-corrected chi connectivity index (χ2v) is 4.96. The molecule has 0 bridgehead atoms. The number of hydrogen-bond donors (Lipinski definition) is 0. The van der Waals surface area contributed by atoms with Gasteiger partial charge in [0, 0.05) is 19.1 Å². The monoisotopic (exact) mass is 244 g/mol. The minimum absolute atomic E-state index is 0.0893. The second kappa shape index (κ2) is 7.45.